The number of ether oxygens (including phenoxy) is 1. The summed E-state index contributed by atoms with van der Waals surface area (Å²) in [6.07, 6.45) is 0.246. The maximum absolute atomic E-state index is 13.0. The number of carbonyl (C=O) groups excluding carboxylic acids is 1. The summed E-state index contributed by atoms with van der Waals surface area (Å²) in [5, 5.41) is 0. The van der Waals surface area contributed by atoms with Crippen molar-refractivity contribution in [2.75, 3.05) is 4.31 Å². The fourth-order valence-corrected chi connectivity index (χ4v) is 4.11. The molecule has 6 heteroatoms. The van der Waals surface area contributed by atoms with Crippen molar-refractivity contribution in [3.8, 4) is 0 Å². The number of anilines is 1. The Morgan fingerprint density at radius 3 is 2.35 bits per heavy atom. The van der Waals surface area contributed by atoms with Gasteiger partial charge < -0.3 is 4.74 Å². The van der Waals surface area contributed by atoms with Gasteiger partial charge in [-0.25, -0.2) is 12.7 Å². The van der Waals surface area contributed by atoms with Crippen molar-refractivity contribution in [2.45, 2.75) is 17.2 Å². The van der Waals surface area contributed by atoms with Crippen LogP contribution in [0.3, 0.4) is 0 Å². The lowest BCUT2D eigenvalue weighted by molar-refractivity contribution is -0.120. The molecule has 0 amide bonds. The zero-order valence-corrected chi connectivity index (χ0v) is 13.0. The van der Waals surface area contributed by atoms with Gasteiger partial charge in [0.1, 0.15) is 6.10 Å². The highest BCUT2D eigenvalue weighted by molar-refractivity contribution is 7.92. The first-order chi connectivity index (χ1) is 11.1. The summed E-state index contributed by atoms with van der Waals surface area (Å²) in [4.78, 5) is 11.6. The summed E-state index contributed by atoms with van der Waals surface area (Å²) in [7, 11) is -3.93. The maximum Gasteiger partial charge on any atom is 0.266 e. The molecule has 0 saturated carbocycles. The third-order valence-electron chi connectivity index (χ3n) is 3.63. The number of hydrogen-bond donors (Lipinski definition) is 0. The number of fused-ring (bicyclic) bond motifs is 1. The predicted molar refractivity (Wildman–Crippen MR) is 86.4 cm³/mol. The second-order valence-corrected chi connectivity index (χ2v) is 6.81. The number of aldehydes is 1. The molecule has 0 bridgehead atoms. The lowest BCUT2D eigenvalue weighted by Gasteiger charge is -2.37. The molecule has 0 spiro atoms. The second-order valence-electron chi connectivity index (χ2n) is 4.99. The number of rotatable bonds is 4. The van der Waals surface area contributed by atoms with Crippen LogP contribution in [0.2, 0.25) is 0 Å². The van der Waals surface area contributed by atoms with Gasteiger partial charge in [0.05, 0.1) is 10.6 Å². The largest absolute Gasteiger partial charge is 0.338 e. The van der Waals surface area contributed by atoms with Crippen LogP contribution in [-0.2, 0) is 19.6 Å². The SMILES string of the molecule is C=CC1OC(C=O)N(S(=O)(=O)c2ccccc2)c2ccccc21. The summed E-state index contributed by atoms with van der Waals surface area (Å²) in [6, 6.07) is 14.9. The van der Waals surface area contributed by atoms with Crippen LogP contribution >= 0.6 is 0 Å². The molecule has 3 rings (SSSR count). The predicted octanol–water partition coefficient (Wildman–Crippen LogP) is 2.66. The van der Waals surface area contributed by atoms with E-state index >= 15 is 0 Å². The van der Waals surface area contributed by atoms with E-state index in [9.17, 15) is 13.2 Å². The Balaban J connectivity index is 2.20. The Morgan fingerprint density at radius 1 is 1.04 bits per heavy atom. The van der Waals surface area contributed by atoms with Gasteiger partial charge in [-0.1, -0.05) is 42.5 Å². The van der Waals surface area contributed by atoms with Gasteiger partial charge in [0.2, 0.25) is 6.23 Å². The normalized spacial score (nSPS) is 20.6. The van der Waals surface area contributed by atoms with E-state index in [0.717, 1.165) is 4.31 Å². The molecule has 0 aromatic heterocycles. The number of carbonyl (C=O) groups is 1. The Labute approximate surface area is 134 Å². The molecule has 2 aromatic rings. The third kappa shape index (κ3) is 2.56. The zero-order valence-electron chi connectivity index (χ0n) is 12.2. The minimum absolute atomic E-state index is 0.0994. The Morgan fingerprint density at radius 2 is 1.70 bits per heavy atom. The summed E-state index contributed by atoms with van der Waals surface area (Å²) in [5.74, 6) is 0. The maximum atomic E-state index is 13.0. The number of hydrogen-bond acceptors (Lipinski definition) is 4. The van der Waals surface area contributed by atoms with Crippen LogP contribution in [0.25, 0.3) is 0 Å². The standard InChI is InChI=1S/C17H15NO4S/c1-2-16-14-10-6-7-11-15(14)18(17(12-19)22-16)23(20,21)13-8-4-3-5-9-13/h2-12,16-17H,1H2. The smallest absolute Gasteiger partial charge is 0.266 e. The van der Waals surface area contributed by atoms with Crippen LogP contribution in [0.5, 0.6) is 0 Å². The highest BCUT2D eigenvalue weighted by Crippen LogP contribution is 2.39. The van der Waals surface area contributed by atoms with E-state index < -0.39 is 22.4 Å². The van der Waals surface area contributed by atoms with Crippen molar-refractivity contribution in [2.24, 2.45) is 0 Å². The van der Waals surface area contributed by atoms with Crippen molar-refractivity contribution in [1.29, 1.82) is 0 Å². The molecule has 2 unspecified atom stereocenters. The molecule has 0 saturated heterocycles. The molecular formula is C17H15NO4S. The van der Waals surface area contributed by atoms with Crippen LogP contribution < -0.4 is 4.31 Å². The van der Waals surface area contributed by atoms with E-state index in [1.807, 2.05) is 0 Å². The van der Waals surface area contributed by atoms with Gasteiger partial charge in [-0.3, -0.25) is 4.79 Å². The molecule has 1 heterocycles. The van der Waals surface area contributed by atoms with E-state index in [0.29, 0.717) is 17.5 Å². The molecule has 5 nitrogen and oxygen atoms in total. The summed E-state index contributed by atoms with van der Waals surface area (Å²) < 4.78 is 32.6. The summed E-state index contributed by atoms with van der Waals surface area (Å²) in [5.41, 5.74) is 1.07. The fraction of sp³-hybridized carbons (Fsp3) is 0.118. The third-order valence-corrected chi connectivity index (χ3v) is 5.42. The first-order valence-electron chi connectivity index (χ1n) is 7.01. The summed E-state index contributed by atoms with van der Waals surface area (Å²) >= 11 is 0. The molecule has 1 aliphatic rings. The zero-order chi connectivity index (χ0) is 16.4. The monoisotopic (exact) mass is 329 g/mol. The van der Waals surface area contributed by atoms with Crippen LogP contribution in [0.15, 0.2) is 72.1 Å². The quantitative estimate of drug-likeness (QED) is 0.639. The lowest BCUT2D eigenvalue weighted by atomic mass is 10.1. The second kappa shape index (κ2) is 5.98. The molecule has 0 radical (unpaired) electrons. The number of nitrogens with zero attached hydrogens (tertiary/aromatic N) is 1. The van der Waals surface area contributed by atoms with Gasteiger partial charge in [0.25, 0.3) is 10.0 Å². The molecular weight excluding hydrogens is 314 g/mol. The number of sulfonamides is 1. The molecule has 1 aliphatic heterocycles. The van der Waals surface area contributed by atoms with Crippen molar-refractivity contribution in [3.63, 3.8) is 0 Å². The molecule has 0 aliphatic carbocycles. The molecule has 2 aromatic carbocycles. The average Bonchev–Trinajstić information content (AvgIpc) is 2.60. The van der Waals surface area contributed by atoms with Crippen LogP contribution in [0.1, 0.15) is 11.7 Å². The van der Waals surface area contributed by atoms with Crippen LogP contribution in [0.4, 0.5) is 5.69 Å². The van der Waals surface area contributed by atoms with Gasteiger partial charge in [-0.15, -0.1) is 6.58 Å². The molecule has 2 atom stereocenters. The van der Waals surface area contributed by atoms with E-state index in [-0.39, 0.29) is 4.90 Å². The van der Waals surface area contributed by atoms with Gasteiger partial charge in [0.15, 0.2) is 6.29 Å². The van der Waals surface area contributed by atoms with E-state index in [1.54, 1.807) is 48.5 Å². The highest BCUT2D eigenvalue weighted by atomic mass is 32.2. The number of benzene rings is 2. The molecule has 0 N–H and O–H groups in total. The van der Waals surface area contributed by atoms with E-state index in [2.05, 4.69) is 6.58 Å². The van der Waals surface area contributed by atoms with Crippen molar-refractivity contribution in [1.82, 2.24) is 0 Å². The van der Waals surface area contributed by atoms with Crippen LogP contribution in [-0.4, -0.2) is 20.9 Å². The van der Waals surface area contributed by atoms with E-state index in [1.165, 1.54) is 12.1 Å². The fourth-order valence-electron chi connectivity index (χ4n) is 2.59. The topological polar surface area (TPSA) is 63.7 Å². The van der Waals surface area contributed by atoms with E-state index in [4.69, 9.17) is 4.74 Å². The minimum atomic E-state index is -3.93. The molecule has 118 valence electrons. The Hall–Kier alpha value is -2.44. The molecule has 0 fully saturated rings. The number of para-hydroxylation sites is 1. The van der Waals surface area contributed by atoms with Gasteiger partial charge in [-0.05, 0) is 18.2 Å². The van der Waals surface area contributed by atoms with Gasteiger partial charge in [0, 0.05) is 5.56 Å². The Kier molecular flexibility index (Phi) is 4.02. The van der Waals surface area contributed by atoms with Crippen LogP contribution in [0, 0.1) is 0 Å². The average molecular weight is 329 g/mol. The lowest BCUT2D eigenvalue weighted by Crippen LogP contribution is -2.47. The minimum Gasteiger partial charge on any atom is -0.338 e. The first-order valence-corrected chi connectivity index (χ1v) is 8.45. The molecule has 23 heavy (non-hydrogen) atoms. The van der Waals surface area contributed by atoms with Gasteiger partial charge >= 0.3 is 0 Å². The first kappa shape index (κ1) is 15.5. The van der Waals surface area contributed by atoms with Crippen molar-refractivity contribution < 1.29 is 17.9 Å². The van der Waals surface area contributed by atoms with Crippen molar-refractivity contribution in [3.05, 3.63) is 72.8 Å². The Bertz CT molecular complexity index is 833. The van der Waals surface area contributed by atoms with Crippen molar-refractivity contribution >= 4 is 22.0 Å². The highest BCUT2D eigenvalue weighted by Gasteiger charge is 2.39. The summed E-state index contributed by atoms with van der Waals surface area (Å²) in [6.45, 7) is 3.69. The van der Waals surface area contributed by atoms with Gasteiger partial charge in [-0.2, -0.15) is 0 Å².